The van der Waals surface area contributed by atoms with Crippen LogP contribution < -0.4 is 0 Å². The molecule has 2 heterocycles. The zero-order chi connectivity index (χ0) is 63.3. The molecule has 22 aromatic carbocycles. The van der Waals surface area contributed by atoms with Gasteiger partial charge in [-0.25, -0.2) is 0 Å². The van der Waals surface area contributed by atoms with Gasteiger partial charge in [0.15, 0.2) is 0 Å². The molecule has 0 atom stereocenters. The quantitative estimate of drug-likeness (QED) is 0.161. The number of hydrogen-bond acceptors (Lipinski definition) is 2. The summed E-state index contributed by atoms with van der Waals surface area (Å²) in [5.74, 6) is 0. The summed E-state index contributed by atoms with van der Waals surface area (Å²) < 4.78 is 13.7. The summed E-state index contributed by atoms with van der Waals surface area (Å²) in [7, 11) is 0. The fraction of sp³-hybridized carbons (Fsp3) is 0. The molecule has 0 unspecified atom stereocenters. The van der Waals surface area contributed by atoms with Gasteiger partial charge >= 0.3 is 0 Å². The molecule has 2 heteroatoms. The zero-order valence-corrected chi connectivity index (χ0v) is 52.7. The van der Waals surface area contributed by atoms with Crippen LogP contribution in [0.25, 0.3) is 250 Å². The first-order chi connectivity index (χ1) is 48.7. The SMILES string of the molecule is c1ccc(-c2c3cc4c5ccccc5c5cccc(c3c(-c3ccc(-c6ccc(-c7c8cc9c%10ccccc%10c%10cccc(c8c(-c8ccccc8)c8c%11cc%12oc%13ccccc%13c%12c%12cccc(c78)c%11%12)c%109)cc6)cc3)c3c6cccc7c8c(cc(c23)c67)oc2ccccc28)c54)cc1. The Bertz CT molecular complexity index is 7600. The molecule has 98 heavy (non-hydrogen) atoms. The van der Waals surface area contributed by atoms with Gasteiger partial charge in [0.2, 0.25) is 0 Å². The molecular weight excluding hydrogens is 1190 g/mol. The summed E-state index contributed by atoms with van der Waals surface area (Å²) >= 11 is 0. The molecule has 0 saturated carbocycles. The summed E-state index contributed by atoms with van der Waals surface area (Å²) in [6.45, 7) is 0. The van der Waals surface area contributed by atoms with Crippen LogP contribution in [-0.4, -0.2) is 0 Å². The third kappa shape index (κ3) is 6.44. The molecule has 24 aromatic rings. The van der Waals surface area contributed by atoms with E-state index >= 15 is 0 Å². The first kappa shape index (κ1) is 51.5. The zero-order valence-electron chi connectivity index (χ0n) is 52.7. The Labute approximate surface area is 558 Å². The monoisotopic (exact) mass is 1230 g/mol. The second kappa shape index (κ2) is 18.5. The van der Waals surface area contributed by atoms with Gasteiger partial charge in [0.05, 0.1) is 0 Å². The molecule has 0 aliphatic heterocycles. The topological polar surface area (TPSA) is 26.3 Å². The summed E-state index contributed by atoms with van der Waals surface area (Å²) in [6, 6.07) is 114. The predicted octanol–water partition coefficient (Wildman–Crippen LogP) is 27.7. The standard InChI is InChI=1S/C96H50O2/c1-3-19-53(20-4-1)81-73-47-71-59-25-9-7-23-57(59)62-30-16-34-68(86(62)71)92(73)84(94-70-36-18-32-66-88(70)75(95(81)94)49-79-90(66)64-28-12-13-37-77(64)97-79)56-45-41-52(42-46-56)51-39-43-55(44-40-51)82-74-48-72-60-26-10-8-24-58(60)61-29-15-33-67(85(61)72)91(74)83(54-21-5-2-6-22-54)96-76-50-80-89(63-27-11-14-38-78(63)98-80)65-31-17-35-69(87(65)76)93(82)96/h1-50H. The van der Waals surface area contributed by atoms with Gasteiger partial charge in [-0.1, -0.05) is 267 Å². The average molecular weight is 1240 g/mol. The highest BCUT2D eigenvalue weighted by atomic mass is 16.3. The molecule has 0 amide bonds. The van der Waals surface area contributed by atoms with E-state index in [2.05, 4.69) is 303 Å². The number of furan rings is 2. The maximum Gasteiger partial charge on any atom is 0.136 e. The van der Waals surface area contributed by atoms with Crippen molar-refractivity contribution in [3.8, 4) is 55.6 Å². The van der Waals surface area contributed by atoms with E-state index in [0.717, 1.165) is 44.2 Å². The van der Waals surface area contributed by atoms with Crippen LogP contribution in [-0.2, 0) is 0 Å². The lowest BCUT2D eigenvalue weighted by Gasteiger charge is -2.19. The van der Waals surface area contributed by atoms with Crippen molar-refractivity contribution >= 4 is 195 Å². The third-order valence-electron chi connectivity index (χ3n) is 22.8. The minimum Gasteiger partial charge on any atom is -0.456 e. The summed E-state index contributed by atoms with van der Waals surface area (Å²) in [6.07, 6.45) is 0. The Balaban J connectivity index is 0.772. The molecule has 0 spiro atoms. The molecule has 2 nitrogen and oxygen atoms in total. The van der Waals surface area contributed by atoms with Crippen molar-refractivity contribution in [2.75, 3.05) is 0 Å². The fourth-order valence-electron chi connectivity index (χ4n) is 19.0. The van der Waals surface area contributed by atoms with Gasteiger partial charge in [-0.05, 0) is 243 Å². The van der Waals surface area contributed by atoms with Crippen molar-refractivity contribution < 1.29 is 8.83 Å². The number of benzene rings is 18. The first-order valence-electron chi connectivity index (χ1n) is 34.1. The Kier molecular flexibility index (Phi) is 9.74. The molecule has 446 valence electrons. The lowest BCUT2D eigenvalue weighted by atomic mass is 9.83. The van der Waals surface area contributed by atoms with Crippen molar-refractivity contribution in [1.29, 1.82) is 0 Å². The van der Waals surface area contributed by atoms with Crippen molar-refractivity contribution in [3.63, 3.8) is 0 Å². The molecule has 0 bridgehead atoms. The first-order valence-corrected chi connectivity index (χ1v) is 34.1. The smallest absolute Gasteiger partial charge is 0.136 e. The molecule has 0 aliphatic rings. The molecule has 0 radical (unpaired) electrons. The van der Waals surface area contributed by atoms with E-state index in [4.69, 9.17) is 8.83 Å². The molecule has 24 rings (SSSR count). The third-order valence-corrected chi connectivity index (χ3v) is 22.8. The van der Waals surface area contributed by atoms with Crippen LogP contribution in [0.3, 0.4) is 0 Å². The van der Waals surface area contributed by atoms with Gasteiger partial charge in [-0.2, -0.15) is 0 Å². The predicted molar refractivity (Wildman–Crippen MR) is 418 cm³/mol. The lowest BCUT2D eigenvalue weighted by Crippen LogP contribution is -1.92. The average Bonchev–Trinajstić information content (AvgIpc) is 1.41. The number of rotatable bonds is 5. The van der Waals surface area contributed by atoms with E-state index in [1.54, 1.807) is 0 Å². The number of hydrogen-bond donors (Lipinski definition) is 0. The summed E-state index contributed by atoms with van der Waals surface area (Å²) in [5, 5.41) is 40.1. The van der Waals surface area contributed by atoms with Crippen LogP contribution in [0.15, 0.2) is 312 Å². The highest BCUT2D eigenvalue weighted by Gasteiger charge is 2.31. The van der Waals surface area contributed by atoms with Gasteiger partial charge in [0.1, 0.15) is 22.3 Å². The van der Waals surface area contributed by atoms with Crippen LogP contribution in [0.5, 0.6) is 0 Å². The van der Waals surface area contributed by atoms with Gasteiger partial charge in [-0.15, -0.1) is 0 Å². The minimum atomic E-state index is 0.907. The van der Waals surface area contributed by atoms with Gasteiger partial charge < -0.3 is 8.83 Å². The maximum absolute atomic E-state index is 6.87. The van der Waals surface area contributed by atoms with Crippen LogP contribution in [0, 0.1) is 0 Å². The Morgan fingerprint density at radius 2 is 0.398 bits per heavy atom. The number of fused-ring (bicyclic) bond motifs is 24. The van der Waals surface area contributed by atoms with Crippen LogP contribution in [0.1, 0.15) is 0 Å². The van der Waals surface area contributed by atoms with Gasteiger partial charge in [0, 0.05) is 21.5 Å². The molecular formula is C96H50O2. The van der Waals surface area contributed by atoms with Crippen molar-refractivity contribution in [2.24, 2.45) is 0 Å². The van der Waals surface area contributed by atoms with E-state index in [1.807, 2.05) is 0 Å². The highest BCUT2D eigenvalue weighted by molar-refractivity contribution is 6.49. The van der Waals surface area contributed by atoms with Gasteiger partial charge in [0.25, 0.3) is 0 Å². The Hall–Kier alpha value is -12.9. The number of para-hydroxylation sites is 2. The molecule has 0 aliphatic carbocycles. The fourth-order valence-corrected chi connectivity index (χ4v) is 19.0. The minimum absolute atomic E-state index is 0.907. The Morgan fingerprint density at radius 1 is 0.122 bits per heavy atom. The molecule has 0 saturated heterocycles. The van der Waals surface area contributed by atoms with E-state index in [-0.39, 0.29) is 0 Å². The Morgan fingerprint density at radius 3 is 0.837 bits per heavy atom. The van der Waals surface area contributed by atoms with Crippen LogP contribution in [0.4, 0.5) is 0 Å². The van der Waals surface area contributed by atoms with E-state index < -0.39 is 0 Å². The molecule has 0 fully saturated rings. The lowest BCUT2D eigenvalue weighted by molar-refractivity contribution is 0.669. The second-order valence-corrected chi connectivity index (χ2v) is 27.4. The van der Waals surface area contributed by atoms with Crippen LogP contribution in [0.2, 0.25) is 0 Å². The van der Waals surface area contributed by atoms with Gasteiger partial charge in [-0.3, -0.25) is 0 Å². The molecule has 0 N–H and O–H groups in total. The molecule has 2 aromatic heterocycles. The van der Waals surface area contributed by atoms with E-state index in [9.17, 15) is 0 Å². The van der Waals surface area contributed by atoms with Crippen molar-refractivity contribution in [1.82, 2.24) is 0 Å². The second-order valence-electron chi connectivity index (χ2n) is 27.4. The highest BCUT2D eigenvalue weighted by Crippen LogP contribution is 2.59. The van der Waals surface area contributed by atoms with E-state index in [0.29, 0.717) is 0 Å². The van der Waals surface area contributed by atoms with E-state index in [1.165, 1.54) is 206 Å². The normalized spacial score (nSPS) is 12.7. The largest absolute Gasteiger partial charge is 0.456 e. The van der Waals surface area contributed by atoms with Crippen molar-refractivity contribution in [3.05, 3.63) is 303 Å². The van der Waals surface area contributed by atoms with Crippen LogP contribution >= 0.6 is 0 Å². The summed E-state index contributed by atoms with van der Waals surface area (Å²) in [4.78, 5) is 0. The van der Waals surface area contributed by atoms with Crippen molar-refractivity contribution in [2.45, 2.75) is 0 Å². The maximum atomic E-state index is 6.87. The summed E-state index contributed by atoms with van der Waals surface area (Å²) in [5.41, 5.74) is 15.7.